The molecule has 46 heavy (non-hydrogen) atoms. The van der Waals surface area contributed by atoms with Gasteiger partial charge in [-0.1, -0.05) is 6.07 Å². The van der Waals surface area contributed by atoms with Gasteiger partial charge in [0.15, 0.2) is 34.5 Å². The number of rotatable bonds is 10. The standard InChI is InChI=1S/C34H40N6O6/c1-41-26-8-7-20(14-27(26)42-2)13-25-24-18-31(46-6)29(44-4)16-22(24)10-12-40(25)34-37-32(35)36-33(38-34)39-11-9-21-15-28(43-3)30(45-5)17-23(21)19-39/h7-8,14-18,25H,9-13,19H2,1-6H3,(H2,35,36,37,38). The van der Waals surface area contributed by atoms with Crippen molar-refractivity contribution in [3.63, 3.8) is 0 Å². The fraction of sp³-hybridized carbons (Fsp3) is 0.382. The average Bonchev–Trinajstić information content (AvgIpc) is 3.09. The van der Waals surface area contributed by atoms with Gasteiger partial charge < -0.3 is 44.0 Å². The number of fused-ring (bicyclic) bond motifs is 2. The molecule has 12 heteroatoms. The zero-order valence-corrected chi connectivity index (χ0v) is 27.1. The Labute approximate surface area is 269 Å². The fourth-order valence-corrected chi connectivity index (χ4v) is 6.41. The van der Waals surface area contributed by atoms with E-state index in [-0.39, 0.29) is 12.0 Å². The summed E-state index contributed by atoms with van der Waals surface area (Å²) in [5.74, 6) is 5.34. The topological polar surface area (TPSA) is 127 Å². The van der Waals surface area contributed by atoms with Crippen LogP contribution in [0.15, 0.2) is 42.5 Å². The second kappa shape index (κ2) is 13.1. The average molecular weight is 629 g/mol. The number of aromatic nitrogens is 3. The van der Waals surface area contributed by atoms with Gasteiger partial charge in [-0.05, 0) is 83.5 Å². The van der Waals surface area contributed by atoms with Crippen LogP contribution in [0.3, 0.4) is 0 Å². The lowest BCUT2D eigenvalue weighted by Gasteiger charge is -2.38. The highest BCUT2D eigenvalue weighted by Crippen LogP contribution is 2.42. The Morgan fingerprint density at radius 2 is 1.20 bits per heavy atom. The minimum Gasteiger partial charge on any atom is -0.493 e. The first-order valence-corrected chi connectivity index (χ1v) is 15.1. The van der Waals surface area contributed by atoms with Gasteiger partial charge in [-0.15, -0.1) is 0 Å². The van der Waals surface area contributed by atoms with Crippen LogP contribution in [0.25, 0.3) is 0 Å². The van der Waals surface area contributed by atoms with Crippen LogP contribution < -0.4 is 44.0 Å². The monoisotopic (exact) mass is 628 g/mol. The van der Waals surface area contributed by atoms with Crippen molar-refractivity contribution in [2.24, 2.45) is 0 Å². The number of nitrogen functional groups attached to an aromatic ring is 1. The van der Waals surface area contributed by atoms with Crippen LogP contribution in [0.2, 0.25) is 0 Å². The highest BCUT2D eigenvalue weighted by molar-refractivity contribution is 5.56. The van der Waals surface area contributed by atoms with E-state index in [4.69, 9.17) is 39.1 Å². The normalized spacial score (nSPS) is 15.5. The molecule has 3 heterocycles. The Hall–Kier alpha value is -5.13. The molecular formula is C34H40N6O6. The third-order valence-corrected chi connectivity index (χ3v) is 8.77. The van der Waals surface area contributed by atoms with Crippen molar-refractivity contribution in [2.45, 2.75) is 31.8 Å². The number of benzene rings is 3. The van der Waals surface area contributed by atoms with E-state index in [9.17, 15) is 0 Å². The molecule has 1 atom stereocenters. The molecule has 242 valence electrons. The second-order valence-electron chi connectivity index (χ2n) is 11.2. The second-order valence-corrected chi connectivity index (χ2v) is 11.2. The maximum absolute atomic E-state index is 6.38. The lowest BCUT2D eigenvalue weighted by Crippen LogP contribution is -2.39. The number of hydrogen-bond donors (Lipinski definition) is 1. The van der Waals surface area contributed by atoms with Gasteiger partial charge in [-0.2, -0.15) is 15.0 Å². The number of anilines is 3. The molecule has 0 aliphatic carbocycles. The van der Waals surface area contributed by atoms with Gasteiger partial charge >= 0.3 is 0 Å². The first-order chi connectivity index (χ1) is 22.4. The smallest absolute Gasteiger partial charge is 0.232 e. The Morgan fingerprint density at radius 3 is 1.87 bits per heavy atom. The zero-order chi connectivity index (χ0) is 32.4. The predicted molar refractivity (Wildman–Crippen MR) is 175 cm³/mol. The van der Waals surface area contributed by atoms with E-state index in [1.165, 1.54) is 11.1 Å². The largest absolute Gasteiger partial charge is 0.493 e. The lowest BCUT2D eigenvalue weighted by atomic mass is 9.88. The van der Waals surface area contributed by atoms with Crippen molar-refractivity contribution in [2.75, 3.05) is 71.3 Å². The maximum Gasteiger partial charge on any atom is 0.232 e. The van der Waals surface area contributed by atoms with Gasteiger partial charge in [-0.25, -0.2) is 0 Å². The number of nitrogens with zero attached hydrogens (tertiary/aromatic N) is 5. The van der Waals surface area contributed by atoms with Crippen molar-refractivity contribution in [3.8, 4) is 34.5 Å². The van der Waals surface area contributed by atoms with Crippen molar-refractivity contribution >= 4 is 17.8 Å². The predicted octanol–water partition coefficient (Wildman–Crippen LogP) is 4.41. The van der Waals surface area contributed by atoms with E-state index in [1.807, 2.05) is 24.3 Å². The highest BCUT2D eigenvalue weighted by atomic mass is 16.5. The van der Waals surface area contributed by atoms with Crippen LogP contribution in [0.1, 0.15) is 33.9 Å². The van der Waals surface area contributed by atoms with E-state index < -0.39 is 0 Å². The maximum atomic E-state index is 6.38. The van der Waals surface area contributed by atoms with Crippen LogP contribution in [0, 0.1) is 0 Å². The summed E-state index contributed by atoms with van der Waals surface area (Å²) in [5.41, 5.74) is 12.1. The molecule has 0 fully saturated rings. The van der Waals surface area contributed by atoms with Crippen molar-refractivity contribution in [3.05, 3.63) is 70.3 Å². The molecule has 1 aromatic heterocycles. The molecule has 1 unspecified atom stereocenters. The number of ether oxygens (including phenoxy) is 6. The zero-order valence-electron chi connectivity index (χ0n) is 27.1. The van der Waals surface area contributed by atoms with Gasteiger partial charge in [0.05, 0.1) is 48.7 Å². The summed E-state index contributed by atoms with van der Waals surface area (Å²) in [7, 11) is 9.87. The van der Waals surface area contributed by atoms with Crippen LogP contribution in [-0.2, 0) is 25.8 Å². The summed E-state index contributed by atoms with van der Waals surface area (Å²) in [6.07, 6.45) is 2.21. The highest BCUT2D eigenvalue weighted by Gasteiger charge is 2.33. The molecule has 4 aromatic rings. The summed E-state index contributed by atoms with van der Waals surface area (Å²) in [6.45, 7) is 2.00. The molecule has 2 aliphatic rings. The van der Waals surface area contributed by atoms with E-state index in [1.54, 1.807) is 42.7 Å². The summed E-state index contributed by atoms with van der Waals surface area (Å²) >= 11 is 0. The van der Waals surface area contributed by atoms with Gasteiger partial charge in [0.2, 0.25) is 17.8 Å². The molecule has 0 radical (unpaired) electrons. The minimum atomic E-state index is -0.143. The number of nitrogens with two attached hydrogens (primary N) is 1. The van der Waals surface area contributed by atoms with Crippen LogP contribution in [-0.4, -0.2) is 70.7 Å². The van der Waals surface area contributed by atoms with E-state index in [2.05, 4.69) is 38.0 Å². The summed E-state index contributed by atoms with van der Waals surface area (Å²) in [4.78, 5) is 18.6. The molecule has 0 amide bonds. The van der Waals surface area contributed by atoms with Gasteiger partial charge in [0, 0.05) is 19.6 Å². The SMILES string of the molecule is COc1ccc(CC2c3cc(OC)c(OC)cc3CCN2c2nc(N)nc(N3CCc4cc(OC)c(OC)cc4C3)n2)cc1OC. The Bertz CT molecular complexity index is 1730. The van der Waals surface area contributed by atoms with Crippen molar-refractivity contribution in [1.82, 2.24) is 15.0 Å². The molecule has 2 N–H and O–H groups in total. The molecule has 6 rings (SSSR count). The lowest BCUT2D eigenvalue weighted by molar-refractivity contribution is 0.352. The molecule has 0 bridgehead atoms. The first-order valence-electron chi connectivity index (χ1n) is 15.1. The Morgan fingerprint density at radius 1 is 0.630 bits per heavy atom. The van der Waals surface area contributed by atoms with Crippen molar-refractivity contribution in [1.29, 1.82) is 0 Å². The third kappa shape index (κ3) is 5.82. The minimum absolute atomic E-state index is 0.143. The van der Waals surface area contributed by atoms with Crippen LogP contribution in [0.5, 0.6) is 34.5 Å². The first kappa shape index (κ1) is 30.9. The molecule has 12 nitrogen and oxygen atoms in total. The third-order valence-electron chi connectivity index (χ3n) is 8.77. The molecule has 3 aromatic carbocycles. The van der Waals surface area contributed by atoms with Crippen LogP contribution in [0.4, 0.5) is 17.8 Å². The van der Waals surface area contributed by atoms with E-state index >= 15 is 0 Å². The summed E-state index contributed by atoms with van der Waals surface area (Å²) in [6, 6.07) is 14.0. The fourth-order valence-electron chi connectivity index (χ4n) is 6.41. The molecule has 0 saturated carbocycles. The molecule has 0 saturated heterocycles. The summed E-state index contributed by atoms with van der Waals surface area (Å²) in [5, 5.41) is 0. The molecule has 0 spiro atoms. The van der Waals surface area contributed by atoms with Crippen molar-refractivity contribution < 1.29 is 28.4 Å². The number of hydrogen-bond acceptors (Lipinski definition) is 12. The van der Waals surface area contributed by atoms with Gasteiger partial charge in [0.1, 0.15) is 0 Å². The van der Waals surface area contributed by atoms with Gasteiger partial charge in [-0.3, -0.25) is 0 Å². The van der Waals surface area contributed by atoms with E-state index in [0.717, 1.165) is 41.8 Å². The molecule has 2 aliphatic heterocycles. The van der Waals surface area contributed by atoms with Crippen LogP contribution >= 0.6 is 0 Å². The molecular weight excluding hydrogens is 588 g/mol. The van der Waals surface area contributed by atoms with E-state index in [0.29, 0.717) is 60.2 Å². The summed E-state index contributed by atoms with van der Waals surface area (Å²) < 4.78 is 33.6. The quantitative estimate of drug-likeness (QED) is 0.267. The number of methoxy groups -OCH3 is 6. The van der Waals surface area contributed by atoms with Gasteiger partial charge in [0.25, 0.3) is 0 Å². The Kier molecular flexibility index (Phi) is 8.78. The Balaban J connectivity index is 1.38.